The Hall–Kier alpha value is 0.480. The Bertz CT molecular complexity index is 189. The summed E-state index contributed by atoms with van der Waals surface area (Å²) in [5.41, 5.74) is 0.697. The lowest BCUT2D eigenvalue weighted by molar-refractivity contribution is 0.232. The molecule has 0 heterocycles. The van der Waals surface area contributed by atoms with Crippen LogP contribution in [0.15, 0.2) is 0 Å². The largest absolute Gasteiger partial charge is 0.0922 e. The van der Waals surface area contributed by atoms with Gasteiger partial charge in [0.15, 0.2) is 0 Å². The van der Waals surface area contributed by atoms with Gasteiger partial charge in [-0.05, 0) is 48.9 Å². The molecular formula is C13H23Br. The van der Waals surface area contributed by atoms with Crippen molar-refractivity contribution in [3.8, 4) is 0 Å². The molecule has 3 unspecified atom stereocenters. The minimum Gasteiger partial charge on any atom is -0.0922 e. The fourth-order valence-electron chi connectivity index (χ4n) is 3.67. The second kappa shape index (κ2) is 4.15. The summed E-state index contributed by atoms with van der Waals surface area (Å²) in [6.45, 7) is 4.75. The summed E-state index contributed by atoms with van der Waals surface area (Å²) in [4.78, 5) is 0. The molecule has 0 nitrogen and oxygen atoms in total. The lowest BCUT2D eigenvalue weighted by Crippen LogP contribution is -2.23. The molecule has 14 heavy (non-hydrogen) atoms. The third kappa shape index (κ3) is 2.18. The van der Waals surface area contributed by atoms with Gasteiger partial charge >= 0.3 is 0 Å². The molecule has 0 bridgehead atoms. The molecule has 2 rings (SSSR count). The normalized spacial score (nSPS) is 42.2. The van der Waals surface area contributed by atoms with Crippen molar-refractivity contribution < 1.29 is 0 Å². The van der Waals surface area contributed by atoms with Crippen LogP contribution in [0.25, 0.3) is 0 Å². The van der Waals surface area contributed by atoms with E-state index in [1.807, 2.05) is 0 Å². The van der Waals surface area contributed by atoms with Crippen molar-refractivity contribution >= 4 is 15.9 Å². The highest BCUT2D eigenvalue weighted by atomic mass is 79.9. The molecule has 82 valence electrons. The van der Waals surface area contributed by atoms with E-state index in [0.717, 1.165) is 17.8 Å². The van der Waals surface area contributed by atoms with Crippen molar-refractivity contribution in [2.24, 2.45) is 23.2 Å². The predicted octanol–water partition coefficient (Wildman–Crippen LogP) is 4.62. The number of hydrogen-bond donors (Lipinski definition) is 0. The minimum absolute atomic E-state index is 0.697. The van der Waals surface area contributed by atoms with Crippen LogP contribution in [0.1, 0.15) is 52.4 Å². The quantitative estimate of drug-likeness (QED) is 0.632. The summed E-state index contributed by atoms with van der Waals surface area (Å²) in [6, 6.07) is 0. The van der Waals surface area contributed by atoms with Crippen LogP contribution in [0.4, 0.5) is 0 Å². The van der Waals surface area contributed by atoms with Crippen LogP contribution < -0.4 is 0 Å². The molecule has 0 aromatic carbocycles. The van der Waals surface area contributed by atoms with E-state index >= 15 is 0 Å². The van der Waals surface area contributed by atoms with E-state index in [9.17, 15) is 0 Å². The molecule has 0 aliphatic heterocycles. The average molecular weight is 259 g/mol. The number of hydrogen-bond acceptors (Lipinski definition) is 0. The van der Waals surface area contributed by atoms with Crippen LogP contribution in [0.2, 0.25) is 0 Å². The van der Waals surface area contributed by atoms with Crippen LogP contribution >= 0.6 is 15.9 Å². The first-order valence-electron chi connectivity index (χ1n) is 6.25. The van der Waals surface area contributed by atoms with Gasteiger partial charge in [0.05, 0.1) is 0 Å². The van der Waals surface area contributed by atoms with E-state index < -0.39 is 0 Å². The third-order valence-electron chi connectivity index (χ3n) is 4.31. The predicted molar refractivity (Wildman–Crippen MR) is 65.7 cm³/mol. The number of rotatable bonds is 5. The number of alkyl halides is 1. The van der Waals surface area contributed by atoms with E-state index in [2.05, 4.69) is 29.8 Å². The third-order valence-corrected chi connectivity index (χ3v) is 5.50. The Labute approximate surface area is 97.0 Å². The second-order valence-corrected chi connectivity index (χ2v) is 6.46. The van der Waals surface area contributed by atoms with E-state index in [4.69, 9.17) is 0 Å². The molecule has 2 fully saturated rings. The van der Waals surface area contributed by atoms with Gasteiger partial charge in [-0.15, -0.1) is 0 Å². The summed E-state index contributed by atoms with van der Waals surface area (Å²) in [5.74, 6) is 3.19. The zero-order valence-electron chi connectivity index (χ0n) is 9.56. The van der Waals surface area contributed by atoms with Gasteiger partial charge in [0.25, 0.3) is 0 Å². The van der Waals surface area contributed by atoms with Gasteiger partial charge in [0.2, 0.25) is 0 Å². The monoisotopic (exact) mass is 258 g/mol. The molecule has 2 aliphatic carbocycles. The molecule has 0 amide bonds. The Morgan fingerprint density at radius 3 is 2.50 bits per heavy atom. The average Bonchev–Trinajstić information content (AvgIpc) is 2.75. The zero-order valence-corrected chi connectivity index (χ0v) is 11.1. The van der Waals surface area contributed by atoms with Gasteiger partial charge in [0.1, 0.15) is 0 Å². The molecule has 2 aliphatic rings. The van der Waals surface area contributed by atoms with Gasteiger partial charge in [-0.25, -0.2) is 0 Å². The van der Waals surface area contributed by atoms with Gasteiger partial charge in [0, 0.05) is 5.33 Å². The molecule has 0 spiro atoms. The number of halogens is 1. The smallest absolute Gasteiger partial charge is 0.00882 e. The molecule has 2 saturated carbocycles. The maximum atomic E-state index is 3.76. The molecule has 0 aromatic heterocycles. The fourth-order valence-corrected chi connectivity index (χ4v) is 4.36. The maximum Gasteiger partial charge on any atom is 0.00882 e. The van der Waals surface area contributed by atoms with Gasteiger partial charge in [-0.3, -0.25) is 0 Å². The summed E-state index contributed by atoms with van der Waals surface area (Å²) in [5, 5.41) is 1.25. The van der Waals surface area contributed by atoms with Crippen LogP contribution in [0.3, 0.4) is 0 Å². The Morgan fingerprint density at radius 1 is 1.36 bits per heavy atom. The van der Waals surface area contributed by atoms with E-state index in [-0.39, 0.29) is 0 Å². The van der Waals surface area contributed by atoms with Crippen molar-refractivity contribution in [3.63, 3.8) is 0 Å². The van der Waals surface area contributed by atoms with Gasteiger partial charge < -0.3 is 0 Å². The Balaban J connectivity index is 1.86. The van der Waals surface area contributed by atoms with Crippen LogP contribution in [0, 0.1) is 23.2 Å². The Kier molecular flexibility index (Phi) is 3.26. The second-order valence-electron chi connectivity index (χ2n) is 5.90. The van der Waals surface area contributed by atoms with Crippen LogP contribution in [-0.4, -0.2) is 5.33 Å². The SMILES string of the molecule is CCCC(C)CC1(CBr)CC2CC2C1. The summed E-state index contributed by atoms with van der Waals surface area (Å²) >= 11 is 3.76. The highest BCUT2D eigenvalue weighted by Gasteiger charge is 2.53. The molecule has 3 atom stereocenters. The van der Waals surface area contributed by atoms with Crippen LogP contribution in [-0.2, 0) is 0 Å². The first kappa shape index (κ1) is 11.0. The Morgan fingerprint density at radius 2 is 2.00 bits per heavy atom. The molecule has 0 saturated heterocycles. The topological polar surface area (TPSA) is 0 Å². The zero-order chi connectivity index (χ0) is 10.2. The number of fused-ring (bicyclic) bond motifs is 1. The lowest BCUT2D eigenvalue weighted by atomic mass is 9.76. The van der Waals surface area contributed by atoms with Crippen molar-refractivity contribution in [3.05, 3.63) is 0 Å². The standard InChI is InChI=1S/C13H23Br/c1-3-4-10(2)6-13(9-14)7-11-5-12(11)8-13/h10-12H,3-9H2,1-2H3. The summed E-state index contributed by atoms with van der Waals surface area (Å²) in [7, 11) is 0. The van der Waals surface area contributed by atoms with Crippen molar-refractivity contribution in [1.29, 1.82) is 0 Å². The highest BCUT2D eigenvalue weighted by molar-refractivity contribution is 9.09. The fraction of sp³-hybridized carbons (Fsp3) is 1.00. The maximum absolute atomic E-state index is 3.76. The van der Waals surface area contributed by atoms with E-state index in [1.54, 1.807) is 6.42 Å². The highest BCUT2D eigenvalue weighted by Crippen LogP contribution is 2.62. The summed E-state index contributed by atoms with van der Waals surface area (Å²) < 4.78 is 0. The summed E-state index contributed by atoms with van der Waals surface area (Å²) in [6.07, 6.45) is 8.85. The molecule has 1 heteroatoms. The molecule has 0 aromatic rings. The van der Waals surface area contributed by atoms with Crippen molar-refractivity contribution in [1.82, 2.24) is 0 Å². The first-order valence-corrected chi connectivity index (χ1v) is 7.37. The van der Waals surface area contributed by atoms with Crippen molar-refractivity contribution in [2.45, 2.75) is 52.4 Å². The van der Waals surface area contributed by atoms with Gasteiger partial charge in [-0.2, -0.15) is 0 Å². The first-order chi connectivity index (χ1) is 6.69. The van der Waals surface area contributed by atoms with E-state index in [0.29, 0.717) is 5.41 Å². The molecule has 0 radical (unpaired) electrons. The molecule has 0 N–H and O–H groups in total. The van der Waals surface area contributed by atoms with Crippen molar-refractivity contribution in [2.75, 3.05) is 5.33 Å². The lowest BCUT2D eigenvalue weighted by Gasteiger charge is -2.31. The van der Waals surface area contributed by atoms with Gasteiger partial charge in [-0.1, -0.05) is 42.6 Å². The van der Waals surface area contributed by atoms with E-state index in [1.165, 1.54) is 37.4 Å². The molecular weight excluding hydrogens is 236 g/mol. The van der Waals surface area contributed by atoms with Crippen LogP contribution in [0.5, 0.6) is 0 Å². The minimum atomic E-state index is 0.697.